The van der Waals surface area contributed by atoms with Gasteiger partial charge in [0.15, 0.2) is 5.11 Å². The highest BCUT2D eigenvalue weighted by Gasteiger charge is 2.30. The number of anilines is 1. The molecule has 1 aromatic carbocycles. The maximum absolute atomic E-state index is 11.9. The standard InChI is InChI=1S/C11H10N2OS/c1-2-9-10(14)13(11(15)12-9)8-6-4-3-5-7-8/h2-7H,1H3,(H,12,15). The lowest BCUT2D eigenvalue weighted by molar-refractivity contribution is -0.113. The van der Waals surface area contributed by atoms with Gasteiger partial charge in [-0.1, -0.05) is 24.3 Å². The van der Waals surface area contributed by atoms with Crippen LogP contribution < -0.4 is 10.2 Å². The summed E-state index contributed by atoms with van der Waals surface area (Å²) in [6.07, 6.45) is 1.72. The zero-order chi connectivity index (χ0) is 10.8. The van der Waals surface area contributed by atoms with Crippen LogP contribution >= 0.6 is 12.2 Å². The molecule has 0 saturated carbocycles. The van der Waals surface area contributed by atoms with Crippen LogP contribution in [0.4, 0.5) is 5.69 Å². The topological polar surface area (TPSA) is 32.3 Å². The van der Waals surface area contributed by atoms with Gasteiger partial charge in [-0.2, -0.15) is 0 Å². The molecule has 0 radical (unpaired) electrons. The third-order valence-electron chi connectivity index (χ3n) is 2.18. The smallest absolute Gasteiger partial charge is 0.280 e. The second-order valence-corrected chi connectivity index (χ2v) is 3.50. The molecule has 0 spiro atoms. The number of nitrogens with zero attached hydrogens (tertiary/aromatic N) is 1. The van der Waals surface area contributed by atoms with Crippen molar-refractivity contribution in [1.82, 2.24) is 5.32 Å². The van der Waals surface area contributed by atoms with E-state index in [9.17, 15) is 4.79 Å². The molecular weight excluding hydrogens is 208 g/mol. The maximum atomic E-state index is 11.9. The first-order valence-corrected chi connectivity index (χ1v) is 5.01. The Bertz CT molecular complexity index is 439. The van der Waals surface area contributed by atoms with Crippen LogP contribution in [0.15, 0.2) is 42.1 Å². The van der Waals surface area contributed by atoms with Crippen molar-refractivity contribution in [3.8, 4) is 0 Å². The molecule has 1 heterocycles. The highest BCUT2D eigenvalue weighted by molar-refractivity contribution is 7.80. The first-order chi connectivity index (χ1) is 7.24. The van der Waals surface area contributed by atoms with Crippen LogP contribution in [0.2, 0.25) is 0 Å². The lowest BCUT2D eigenvalue weighted by Crippen LogP contribution is -2.30. The predicted octanol–water partition coefficient (Wildman–Crippen LogP) is 1.81. The Balaban J connectivity index is 2.40. The van der Waals surface area contributed by atoms with Crippen molar-refractivity contribution in [1.29, 1.82) is 0 Å². The first-order valence-electron chi connectivity index (χ1n) is 4.61. The summed E-state index contributed by atoms with van der Waals surface area (Å²) in [5.41, 5.74) is 1.32. The number of nitrogens with one attached hydrogen (secondary N) is 1. The van der Waals surface area contributed by atoms with Crippen molar-refractivity contribution < 1.29 is 4.79 Å². The van der Waals surface area contributed by atoms with Crippen LogP contribution in [0, 0.1) is 0 Å². The Labute approximate surface area is 93.4 Å². The number of allylic oxidation sites excluding steroid dienone is 1. The minimum atomic E-state index is -0.103. The molecule has 1 aromatic rings. The number of carbonyl (C=O) groups excluding carboxylic acids is 1. The Morgan fingerprint density at radius 2 is 2.00 bits per heavy atom. The molecule has 76 valence electrons. The van der Waals surface area contributed by atoms with E-state index in [1.165, 1.54) is 4.90 Å². The third-order valence-corrected chi connectivity index (χ3v) is 2.47. The maximum Gasteiger partial charge on any atom is 0.280 e. The van der Waals surface area contributed by atoms with Gasteiger partial charge in [-0.05, 0) is 31.3 Å². The van der Waals surface area contributed by atoms with E-state index in [-0.39, 0.29) is 5.91 Å². The van der Waals surface area contributed by atoms with Gasteiger partial charge in [0, 0.05) is 0 Å². The van der Waals surface area contributed by atoms with Crippen molar-refractivity contribution >= 4 is 28.9 Å². The highest BCUT2D eigenvalue weighted by Crippen LogP contribution is 2.20. The molecule has 1 saturated heterocycles. The van der Waals surface area contributed by atoms with Gasteiger partial charge in [0.1, 0.15) is 5.70 Å². The van der Waals surface area contributed by atoms with E-state index in [4.69, 9.17) is 12.2 Å². The fraction of sp³-hybridized carbons (Fsp3) is 0.0909. The Morgan fingerprint density at radius 1 is 1.33 bits per heavy atom. The van der Waals surface area contributed by atoms with Crippen LogP contribution in [0.1, 0.15) is 6.92 Å². The SMILES string of the molecule is CC=C1NC(=S)N(c2ccccc2)C1=O. The second-order valence-electron chi connectivity index (χ2n) is 3.11. The molecule has 4 heteroatoms. The fourth-order valence-electron chi connectivity index (χ4n) is 1.44. The minimum Gasteiger partial charge on any atom is -0.328 e. The van der Waals surface area contributed by atoms with E-state index >= 15 is 0 Å². The molecule has 0 bridgehead atoms. The van der Waals surface area contributed by atoms with Gasteiger partial charge in [0.05, 0.1) is 5.69 Å². The summed E-state index contributed by atoms with van der Waals surface area (Å²) >= 11 is 5.10. The summed E-state index contributed by atoms with van der Waals surface area (Å²) in [4.78, 5) is 13.3. The van der Waals surface area contributed by atoms with Gasteiger partial charge in [0.25, 0.3) is 5.91 Å². The van der Waals surface area contributed by atoms with Crippen molar-refractivity contribution in [2.75, 3.05) is 4.90 Å². The zero-order valence-corrected chi connectivity index (χ0v) is 9.04. The first kappa shape index (κ1) is 9.86. The lowest BCUT2D eigenvalue weighted by Gasteiger charge is -2.13. The Morgan fingerprint density at radius 3 is 2.53 bits per heavy atom. The number of rotatable bonds is 1. The molecule has 15 heavy (non-hydrogen) atoms. The zero-order valence-electron chi connectivity index (χ0n) is 8.23. The number of carbonyl (C=O) groups is 1. The molecule has 1 aliphatic heterocycles. The summed E-state index contributed by atoms with van der Waals surface area (Å²) in [6, 6.07) is 9.35. The average molecular weight is 218 g/mol. The van der Waals surface area contributed by atoms with Crippen molar-refractivity contribution in [3.05, 3.63) is 42.1 Å². The third kappa shape index (κ3) is 1.64. The molecule has 2 rings (SSSR count). The molecular formula is C11H10N2OS. The summed E-state index contributed by atoms with van der Waals surface area (Å²) < 4.78 is 0. The molecule has 0 unspecified atom stereocenters. The largest absolute Gasteiger partial charge is 0.328 e. The van der Waals surface area contributed by atoms with E-state index in [0.29, 0.717) is 10.8 Å². The lowest BCUT2D eigenvalue weighted by atomic mass is 10.3. The van der Waals surface area contributed by atoms with Gasteiger partial charge in [-0.25, -0.2) is 0 Å². The van der Waals surface area contributed by atoms with E-state index in [0.717, 1.165) is 5.69 Å². The number of thiocarbonyl (C=S) groups is 1. The number of para-hydroxylation sites is 1. The molecule has 1 aliphatic rings. The summed E-state index contributed by atoms with van der Waals surface area (Å²) in [6.45, 7) is 1.80. The van der Waals surface area contributed by atoms with Crippen LogP contribution in [0.5, 0.6) is 0 Å². The number of benzene rings is 1. The Kier molecular flexibility index (Phi) is 2.51. The van der Waals surface area contributed by atoms with Crippen LogP contribution in [-0.4, -0.2) is 11.0 Å². The molecule has 0 atom stereocenters. The number of amides is 1. The van der Waals surface area contributed by atoms with E-state index in [2.05, 4.69) is 5.32 Å². The molecule has 1 N–H and O–H groups in total. The monoisotopic (exact) mass is 218 g/mol. The van der Waals surface area contributed by atoms with Gasteiger partial charge in [-0.3, -0.25) is 9.69 Å². The van der Waals surface area contributed by atoms with E-state index in [1.54, 1.807) is 13.0 Å². The average Bonchev–Trinajstić information content (AvgIpc) is 2.55. The molecule has 1 fully saturated rings. The van der Waals surface area contributed by atoms with Crippen LogP contribution in [0.25, 0.3) is 0 Å². The van der Waals surface area contributed by atoms with Gasteiger partial charge >= 0.3 is 0 Å². The van der Waals surface area contributed by atoms with Gasteiger partial charge in [0.2, 0.25) is 0 Å². The van der Waals surface area contributed by atoms with Gasteiger partial charge in [-0.15, -0.1) is 0 Å². The molecule has 1 amide bonds. The number of hydrogen-bond acceptors (Lipinski definition) is 2. The highest BCUT2D eigenvalue weighted by atomic mass is 32.1. The van der Waals surface area contributed by atoms with Gasteiger partial charge < -0.3 is 5.32 Å². The summed E-state index contributed by atoms with van der Waals surface area (Å²) in [5, 5.41) is 3.30. The summed E-state index contributed by atoms with van der Waals surface area (Å²) in [5.74, 6) is -0.103. The quantitative estimate of drug-likeness (QED) is 0.576. The van der Waals surface area contributed by atoms with Crippen molar-refractivity contribution in [2.45, 2.75) is 6.92 Å². The van der Waals surface area contributed by atoms with Crippen LogP contribution in [0.3, 0.4) is 0 Å². The van der Waals surface area contributed by atoms with E-state index < -0.39 is 0 Å². The van der Waals surface area contributed by atoms with Crippen LogP contribution in [-0.2, 0) is 4.79 Å². The molecule has 0 aliphatic carbocycles. The Hall–Kier alpha value is -1.68. The van der Waals surface area contributed by atoms with Crippen molar-refractivity contribution in [3.63, 3.8) is 0 Å². The predicted molar refractivity (Wildman–Crippen MR) is 63.4 cm³/mol. The second kappa shape index (κ2) is 3.82. The van der Waals surface area contributed by atoms with Crippen molar-refractivity contribution in [2.24, 2.45) is 0 Å². The number of hydrogen-bond donors (Lipinski definition) is 1. The molecule has 3 nitrogen and oxygen atoms in total. The molecule has 0 aromatic heterocycles. The van der Waals surface area contributed by atoms with E-state index in [1.807, 2.05) is 30.3 Å². The summed E-state index contributed by atoms with van der Waals surface area (Å²) in [7, 11) is 0. The fourth-order valence-corrected chi connectivity index (χ4v) is 1.74. The normalized spacial score (nSPS) is 18.5. The minimum absolute atomic E-state index is 0.103.